The Bertz CT molecular complexity index is 963. The highest BCUT2D eigenvalue weighted by molar-refractivity contribution is 7.92. The lowest BCUT2D eigenvalue weighted by molar-refractivity contribution is 0.136. The molecule has 2 aromatic carbocycles. The normalized spacial score (nSPS) is 21.0. The molecule has 0 radical (unpaired) electrons. The Balaban J connectivity index is 1.62. The van der Waals surface area contributed by atoms with E-state index in [-0.39, 0.29) is 9.92 Å². The summed E-state index contributed by atoms with van der Waals surface area (Å²) in [5.41, 5.74) is 1.76. The molecule has 0 amide bonds. The van der Waals surface area contributed by atoms with Gasteiger partial charge in [-0.05, 0) is 86.4 Å². The smallest absolute Gasteiger partial charge is 0.263 e. The van der Waals surface area contributed by atoms with Gasteiger partial charge in [-0.2, -0.15) is 0 Å². The van der Waals surface area contributed by atoms with Gasteiger partial charge in [-0.1, -0.05) is 56.6 Å². The third-order valence-corrected chi connectivity index (χ3v) is 8.56. The van der Waals surface area contributed by atoms with Gasteiger partial charge in [0.2, 0.25) is 0 Å². The highest BCUT2D eigenvalue weighted by Crippen LogP contribution is 2.29. The standard InChI is InChI=1S/C25H35ClN2O2S/c1-4-21(10-8-15-28-16-14-19(2)20(3)18-28)22-9-7-11-23(17-22)27-31(29,30)25-13-6-5-12-24(25)26/h5-7,9,11-13,17,19-21,27H,4,8,10,14-16,18H2,1-3H3. The fourth-order valence-electron chi connectivity index (χ4n) is 4.45. The van der Waals surface area contributed by atoms with Gasteiger partial charge in [0.25, 0.3) is 10.0 Å². The van der Waals surface area contributed by atoms with Crippen molar-refractivity contribution in [3.05, 3.63) is 59.1 Å². The van der Waals surface area contributed by atoms with E-state index >= 15 is 0 Å². The first kappa shape index (κ1) is 24.1. The molecule has 1 heterocycles. The van der Waals surface area contributed by atoms with E-state index < -0.39 is 10.0 Å². The van der Waals surface area contributed by atoms with Crippen LogP contribution < -0.4 is 4.72 Å². The number of rotatable bonds is 9. The molecule has 4 nitrogen and oxygen atoms in total. The highest BCUT2D eigenvalue weighted by atomic mass is 35.5. The molecule has 3 rings (SSSR count). The Hall–Kier alpha value is -1.56. The van der Waals surface area contributed by atoms with Gasteiger partial charge in [-0.25, -0.2) is 8.42 Å². The van der Waals surface area contributed by atoms with E-state index in [9.17, 15) is 8.42 Å². The molecule has 1 aliphatic heterocycles. The van der Waals surface area contributed by atoms with Crippen LogP contribution in [0.1, 0.15) is 57.9 Å². The minimum absolute atomic E-state index is 0.0965. The molecule has 6 heteroatoms. The van der Waals surface area contributed by atoms with E-state index in [1.165, 1.54) is 31.1 Å². The van der Waals surface area contributed by atoms with Crippen LogP contribution in [0.5, 0.6) is 0 Å². The zero-order valence-electron chi connectivity index (χ0n) is 18.9. The number of nitrogens with zero attached hydrogens (tertiary/aromatic N) is 1. The maximum Gasteiger partial charge on any atom is 0.263 e. The van der Waals surface area contributed by atoms with Crippen LogP contribution in [0.3, 0.4) is 0 Å². The average molecular weight is 463 g/mol. The molecular formula is C25H35ClN2O2S. The number of nitrogens with one attached hydrogen (secondary N) is 1. The van der Waals surface area contributed by atoms with Gasteiger partial charge in [0.1, 0.15) is 4.90 Å². The van der Waals surface area contributed by atoms with Crippen LogP contribution in [0.15, 0.2) is 53.4 Å². The van der Waals surface area contributed by atoms with E-state index in [0.717, 1.165) is 37.6 Å². The van der Waals surface area contributed by atoms with Crippen molar-refractivity contribution in [2.75, 3.05) is 24.4 Å². The minimum Gasteiger partial charge on any atom is -0.303 e. The first-order valence-electron chi connectivity index (χ1n) is 11.4. The molecule has 31 heavy (non-hydrogen) atoms. The molecule has 0 aromatic heterocycles. The SMILES string of the molecule is CCC(CCCN1CCC(C)C(C)C1)c1cccc(NS(=O)(=O)c2ccccc2Cl)c1. The third-order valence-electron chi connectivity index (χ3n) is 6.67. The monoisotopic (exact) mass is 462 g/mol. The second kappa shape index (κ2) is 10.8. The van der Waals surface area contributed by atoms with Gasteiger partial charge in [0, 0.05) is 12.2 Å². The zero-order chi connectivity index (χ0) is 22.4. The van der Waals surface area contributed by atoms with Gasteiger partial charge in [-0.15, -0.1) is 0 Å². The van der Waals surface area contributed by atoms with Gasteiger partial charge in [0.15, 0.2) is 0 Å². The summed E-state index contributed by atoms with van der Waals surface area (Å²) in [6.07, 6.45) is 4.60. The van der Waals surface area contributed by atoms with Crippen molar-refractivity contribution >= 4 is 27.3 Å². The summed E-state index contributed by atoms with van der Waals surface area (Å²) in [6.45, 7) is 10.5. The van der Waals surface area contributed by atoms with Crippen molar-refractivity contribution in [2.24, 2.45) is 11.8 Å². The molecule has 1 aliphatic rings. The molecule has 3 atom stereocenters. The van der Waals surface area contributed by atoms with Crippen molar-refractivity contribution in [3.63, 3.8) is 0 Å². The number of halogens is 1. The Morgan fingerprint density at radius 3 is 2.61 bits per heavy atom. The van der Waals surface area contributed by atoms with Crippen molar-refractivity contribution < 1.29 is 8.42 Å². The van der Waals surface area contributed by atoms with Crippen molar-refractivity contribution in [3.8, 4) is 0 Å². The quantitative estimate of drug-likeness (QED) is 0.469. The largest absolute Gasteiger partial charge is 0.303 e. The number of piperidine rings is 1. The second-order valence-corrected chi connectivity index (χ2v) is 11.0. The van der Waals surface area contributed by atoms with Crippen LogP contribution in [0.25, 0.3) is 0 Å². The van der Waals surface area contributed by atoms with Crippen LogP contribution in [-0.2, 0) is 10.0 Å². The summed E-state index contributed by atoms with van der Waals surface area (Å²) in [5.74, 6) is 2.03. The zero-order valence-corrected chi connectivity index (χ0v) is 20.4. The summed E-state index contributed by atoms with van der Waals surface area (Å²) in [4.78, 5) is 2.70. The number of likely N-dealkylation sites (tertiary alicyclic amines) is 1. The van der Waals surface area contributed by atoms with Crippen LogP contribution >= 0.6 is 11.6 Å². The van der Waals surface area contributed by atoms with Crippen molar-refractivity contribution in [1.29, 1.82) is 0 Å². The number of anilines is 1. The number of hydrogen-bond donors (Lipinski definition) is 1. The lowest BCUT2D eigenvalue weighted by Crippen LogP contribution is -2.38. The van der Waals surface area contributed by atoms with Crippen LogP contribution in [0.4, 0.5) is 5.69 Å². The summed E-state index contributed by atoms with van der Waals surface area (Å²) < 4.78 is 28.2. The maximum absolute atomic E-state index is 12.8. The Kier molecular flexibility index (Phi) is 8.43. The molecule has 3 unspecified atom stereocenters. The van der Waals surface area contributed by atoms with E-state index in [2.05, 4.69) is 36.5 Å². The number of benzene rings is 2. The van der Waals surface area contributed by atoms with Gasteiger partial charge >= 0.3 is 0 Å². The fourth-order valence-corrected chi connectivity index (χ4v) is 6.02. The fraction of sp³-hybridized carbons (Fsp3) is 0.520. The molecule has 0 saturated carbocycles. The molecule has 1 N–H and O–H groups in total. The molecule has 2 aromatic rings. The van der Waals surface area contributed by atoms with Gasteiger partial charge in [-0.3, -0.25) is 4.72 Å². The predicted octanol–water partition coefficient (Wildman–Crippen LogP) is 6.39. The highest BCUT2D eigenvalue weighted by Gasteiger charge is 2.22. The molecule has 0 spiro atoms. The third kappa shape index (κ3) is 6.47. The van der Waals surface area contributed by atoms with E-state index in [4.69, 9.17) is 11.6 Å². The Morgan fingerprint density at radius 1 is 1.13 bits per heavy atom. The summed E-state index contributed by atoms with van der Waals surface area (Å²) in [5, 5.41) is 0.221. The van der Waals surface area contributed by atoms with E-state index in [1.54, 1.807) is 24.3 Å². The van der Waals surface area contributed by atoms with Crippen molar-refractivity contribution in [1.82, 2.24) is 4.90 Å². The Morgan fingerprint density at radius 2 is 1.90 bits per heavy atom. The molecule has 1 saturated heterocycles. The van der Waals surface area contributed by atoms with E-state index in [0.29, 0.717) is 11.6 Å². The molecule has 0 aliphatic carbocycles. The minimum atomic E-state index is -3.72. The maximum atomic E-state index is 12.8. The summed E-state index contributed by atoms with van der Waals surface area (Å²) in [7, 11) is -3.72. The predicted molar refractivity (Wildman–Crippen MR) is 130 cm³/mol. The molecule has 1 fully saturated rings. The summed E-state index contributed by atoms with van der Waals surface area (Å²) >= 11 is 6.09. The second-order valence-electron chi connectivity index (χ2n) is 8.95. The first-order chi connectivity index (χ1) is 14.8. The summed E-state index contributed by atoms with van der Waals surface area (Å²) in [6, 6.07) is 14.3. The van der Waals surface area contributed by atoms with Crippen molar-refractivity contribution in [2.45, 2.75) is 57.3 Å². The van der Waals surface area contributed by atoms with Gasteiger partial charge in [0.05, 0.1) is 5.02 Å². The van der Waals surface area contributed by atoms with E-state index in [1.807, 2.05) is 12.1 Å². The lowest BCUT2D eigenvalue weighted by Gasteiger charge is -2.35. The molecular weight excluding hydrogens is 428 g/mol. The molecule has 170 valence electrons. The first-order valence-corrected chi connectivity index (χ1v) is 13.3. The van der Waals surface area contributed by atoms with Crippen LogP contribution in [0, 0.1) is 11.8 Å². The average Bonchev–Trinajstić information content (AvgIpc) is 2.74. The topological polar surface area (TPSA) is 49.4 Å². The number of sulfonamides is 1. The number of hydrogen-bond acceptors (Lipinski definition) is 3. The van der Waals surface area contributed by atoms with Gasteiger partial charge < -0.3 is 4.90 Å². The van der Waals surface area contributed by atoms with Crippen LogP contribution in [-0.4, -0.2) is 33.0 Å². The van der Waals surface area contributed by atoms with Crippen LogP contribution in [0.2, 0.25) is 5.02 Å². The Labute approximate surface area is 193 Å². The lowest BCUT2D eigenvalue weighted by atomic mass is 9.88. The molecule has 0 bridgehead atoms.